The van der Waals surface area contributed by atoms with Crippen molar-refractivity contribution in [2.75, 3.05) is 26.8 Å². The van der Waals surface area contributed by atoms with Gasteiger partial charge in [0.1, 0.15) is 5.82 Å². The number of fused-ring (bicyclic) bond motifs is 2. The number of hydrogen-bond donors (Lipinski definition) is 1. The van der Waals surface area contributed by atoms with Crippen molar-refractivity contribution in [2.24, 2.45) is 5.73 Å². The van der Waals surface area contributed by atoms with Crippen molar-refractivity contribution in [1.29, 1.82) is 0 Å². The molecule has 1 aliphatic rings. The molecule has 5 rings (SSSR count). The van der Waals surface area contributed by atoms with E-state index in [1.54, 1.807) is 7.11 Å². The van der Waals surface area contributed by atoms with Gasteiger partial charge >= 0.3 is 0 Å². The molecule has 2 unspecified atom stereocenters. The van der Waals surface area contributed by atoms with Gasteiger partial charge in [0.25, 0.3) is 0 Å². The molecular formula is C33H42N4O2. The maximum Gasteiger partial charge on any atom is 0.224 e. The quantitative estimate of drug-likeness (QED) is 0.257. The van der Waals surface area contributed by atoms with E-state index in [2.05, 4.69) is 79.1 Å². The number of piperidine rings is 1. The number of methoxy groups -OCH3 is 1. The van der Waals surface area contributed by atoms with Gasteiger partial charge in [-0.25, -0.2) is 4.98 Å². The molecule has 0 aliphatic carbocycles. The minimum atomic E-state index is -0.202. The fourth-order valence-electron chi connectivity index (χ4n) is 5.95. The average Bonchev–Trinajstić information content (AvgIpc) is 3.31. The van der Waals surface area contributed by atoms with Crippen molar-refractivity contribution in [3.63, 3.8) is 0 Å². The molecule has 1 aliphatic heterocycles. The third-order valence-corrected chi connectivity index (χ3v) is 8.09. The van der Waals surface area contributed by atoms with E-state index in [0.717, 1.165) is 43.7 Å². The van der Waals surface area contributed by atoms with Gasteiger partial charge in [-0.1, -0.05) is 62.4 Å². The van der Waals surface area contributed by atoms with E-state index in [4.69, 9.17) is 15.5 Å². The largest absolute Gasteiger partial charge is 0.385 e. The van der Waals surface area contributed by atoms with Crippen LogP contribution in [0.2, 0.25) is 0 Å². The molecule has 0 bridgehead atoms. The van der Waals surface area contributed by atoms with Gasteiger partial charge < -0.3 is 19.9 Å². The third-order valence-electron chi connectivity index (χ3n) is 8.09. The molecule has 1 aromatic heterocycles. The summed E-state index contributed by atoms with van der Waals surface area (Å²) in [5, 5.41) is 2.43. The summed E-state index contributed by atoms with van der Waals surface area (Å²) >= 11 is 0. The lowest BCUT2D eigenvalue weighted by molar-refractivity contribution is -0.132. The Morgan fingerprint density at radius 1 is 1.10 bits per heavy atom. The molecule has 39 heavy (non-hydrogen) atoms. The third kappa shape index (κ3) is 6.34. The highest BCUT2D eigenvalue weighted by Gasteiger charge is 2.29. The Kier molecular flexibility index (Phi) is 8.63. The smallest absolute Gasteiger partial charge is 0.224 e. The second-order valence-electron chi connectivity index (χ2n) is 11.4. The van der Waals surface area contributed by atoms with E-state index >= 15 is 0 Å². The molecule has 1 saturated heterocycles. The van der Waals surface area contributed by atoms with Crippen LogP contribution in [0.25, 0.3) is 21.8 Å². The zero-order valence-corrected chi connectivity index (χ0v) is 23.6. The number of carbonyl (C=O) groups excluding carboxylic acids is 1. The van der Waals surface area contributed by atoms with E-state index in [1.807, 2.05) is 4.90 Å². The van der Waals surface area contributed by atoms with Crippen LogP contribution in [0.4, 0.5) is 0 Å². The number of carbonyl (C=O) groups is 1. The topological polar surface area (TPSA) is 73.4 Å². The lowest BCUT2D eigenvalue weighted by Crippen LogP contribution is -2.42. The maximum absolute atomic E-state index is 13.4. The molecule has 2 atom stereocenters. The van der Waals surface area contributed by atoms with Crippen LogP contribution in [0.1, 0.15) is 68.3 Å². The number of aryl methyl sites for hydroxylation is 1. The summed E-state index contributed by atoms with van der Waals surface area (Å²) in [5.41, 5.74) is 11.2. The Morgan fingerprint density at radius 3 is 2.72 bits per heavy atom. The fraction of sp³-hybridized carbons (Fsp3) is 0.455. The van der Waals surface area contributed by atoms with Gasteiger partial charge in [0.2, 0.25) is 5.91 Å². The number of nitrogens with zero attached hydrogens (tertiary/aromatic N) is 3. The van der Waals surface area contributed by atoms with E-state index in [0.29, 0.717) is 31.9 Å². The van der Waals surface area contributed by atoms with Crippen molar-refractivity contribution in [3.8, 4) is 0 Å². The van der Waals surface area contributed by atoms with Crippen molar-refractivity contribution in [3.05, 3.63) is 77.6 Å². The molecule has 3 aromatic carbocycles. The number of aromatic nitrogens is 2. The summed E-state index contributed by atoms with van der Waals surface area (Å²) < 4.78 is 7.70. The van der Waals surface area contributed by atoms with Crippen LogP contribution >= 0.6 is 0 Å². The Balaban J connectivity index is 1.29. The summed E-state index contributed by atoms with van der Waals surface area (Å²) in [5.74, 6) is 1.92. The molecule has 0 spiro atoms. The minimum absolute atomic E-state index is 0.150. The van der Waals surface area contributed by atoms with Crippen molar-refractivity contribution >= 4 is 27.7 Å². The molecule has 6 nitrogen and oxygen atoms in total. The van der Waals surface area contributed by atoms with Crippen LogP contribution in [0.15, 0.2) is 60.7 Å². The van der Waals surface area contributed by atoms with E-state index in [1.165, 1.54) is 27.4 Å². The molecule has 4 aromatic rings. The molecule has 1 fully saturated rings. The molecule has 206 valence electrons. The molecular weight excluding hydrogens is 484 g/mol. The van der Waals surface area contributed by atoms with Gasteiger partial charge in [0, 0.05) is 51.7 Å². The van der Waals surface area contributed by atoms with Gasteiger partial charge in [-0.15, -0.1) is 0 Å². The first kappa shape index (κ1) is 27.4. The van der Waals surface area contributed by atoms with E-state index in [9.17, 15) is 4.79 Å². The van der Waals surface area contributed by atoms with Gasteiger partial charge in [-0.2, -0.15) is 0 Å². The zero-order valence-electron chi connectivity index (χ0n) is 23.6. The van der Waals surface area contributed by atoms with Crippen molar-refractivity contribution in [2.45, 2.75) is 70.4 Å². The van der Waals surface area contributed by atoms with E-state index in [-0.39, 0.29) is 17.9 Å². The first-order valence-corrected chi connectivity index (χ1v) is 14.4. The Morgan fingerprint density at radius 2 is 1.92 bits per heavy atom. The number of hydrogen-bond acceptors (Lipinski definition) is 4. The highest BCUT2D eigenvalue weighted by molar-refractivity contribution is 5.83. The number of nitrogens with two attached hydrogens (primary N) is 1. The predicted molar refractivity (Wildman–Crippen MR) is 159 cm³/mol. The van der Waals surface area contributed by atoms with Crippen LogP contribution < -0.4 is 5.73 Å². The number of amides is 1. The molecule has 2 N–H and O–H groups in total. The summed E-state index contributed by atoms with van der Waals surface area (Å²) in [6.45, 7) is 7.50. The Labute approximate surface area is 232 Å². The van der Waals surface area contributed by atoms with Crippen LogP contribution in [0, 0.1) is 0 Å². The van der Waals surface area contributed by atoms with Crippen molar-refractivity contribution in [1.82, 2.24) is 14.5 Å². The highest BCUT2D eigenvalue weighted by Crippen LogP contribution is 2.31. The first-order valence-electron chi connectivity index (χ1n) is 14.4. The monoisotopic (exact) mass is 526 g/mol. The standard InChI is InChI=1S/C33H42N4O2/c1-23(2)26-13-14-31-30(20-26)35-33(37(31)16-7-17-39-3)28-10-6-15-36(22-28)32(38)21-29(34)19-24-11-12-25-8-4-5-9-27(25)18-24/h4-5,8-9,11-14,18,20,23,28-29H,6-7,10,15-17,19,21-22,34H2,1-3H3. The summed E-state index contributed by atoms with van der Waals surface area (Å²) in [6.07, 6.45) is 4.01. The van der Waals surface area contributed by atoms with Crippen LogP contribution in [0.5, 0.6) is 0 Å². The van der Waals surface area contributed by atoms with Crippen LogP contribution in [-0.4, -0.2) is 53.2 Å². The Hall–Kier alpha value is -3.22. The SMILES string of the molecule is COCCCn1c(C2CCCN(C(=O)CC(N)Cc3ccc4ccccc4c3)C2)nc2cc(C(C)C)ccc21. The molecule has 0 radical (unpaired) electrons. The van der Waals surface area contributed by atoms with E-state index < -0.39 is 0 Å². The highest BCUT2D eigenvalue weighted by atomic mass is 16.5. The van der Waals surface area contributed by atoms with Gasteiger partial charge in [0.15, 0.2) is 0 Å². The van der Waals surface area contributed by atoms with Gasteiger partial charge in [0.05, 0.1) is 11.0 Å². The van der Waals surface area contributed by atoms with Crippen molar-refractivity contribution < 1.29 is 9.53 Å². The molecule has 6 heteroatoms. The van der Waals surface area contributed by atoms with Crippen LogP contribution in [-0.2, 0) is 22.5 Å². The average molecular weight is 527 g/mol. The first-order chi connectivity index (χ1) is 18.9. The second kappa shape index (κ2) is 12.3. The molecule has 1 amide bonds. The lowest BCUT2D eigenvalue weighted by atomic mass is 9.95. The summed E-state index contributed by atoms with van der Waals surface area (Å²) in [4.78, 5) is 20.6. The van der Waals surface area contributed by atoms with Crippen LogP contribution in [0.3, 0.4) is 0 Å². The Bertz CT molecular complexity index is 1430. The number of ether oxygens (including phenoxy) is 1. The molecule has 0 saturated carbocycles. The van der Waals surface area contributed by atoms with Gasteiger partial charge in [-0.3, -0.25) is 4.79 Å². The normalized spacial score (nSPS) is 16.8. The number of imidazole rings is 1. The number of rotatable bonds is 10. The zero-order chi connectivity index (χ0) is 27.4. The minimum Gasteiger partial charge on any atom is -0.385 e. The molecule has 2 heterocycles. The number of likely N-dealkylation sites (tertiary alicyclic amines) is 1. The lowest BCUT2D eigenvalue weighted by Gasteiger charge is -2.33. The fourth-order valence-corrected chi connectivity index (χ4v) is 5.95. The number of benzene rings is 3. The summed E-state index contributed by atoms with van der Waals surface area (Å²) in [6, 6.07) is 21.3. The second-order valence-corrected chi connectivity index (χ2v) is 11.4. The maximum atomic E-state index is 13.4. The predicted octanol–water partition coefficient (Wildman–Crippen LogP) is 6.02. The summed E-state index contributed by atoms with van der Waals surface area (Å²) in [7, 11) is 1.75. The van der Waals surface area contributed by atoms with Gasteiger partial charge in [-0.05, 0) is 65.6 Å².